The molecule has 2 heteroatoms. The van der Waals surface area contributed by atoms with Crippen LogP contribution in [0.4, 0.5) is 17.1 Å². The Hall–Kier alpha value is -7.42. The highest BCUT2D eigenvalue weighted by Crippen LogP contribution is 2.47. The van der Waals surface area contributed by atoms with Crippen LogP contribution in [0.5, 0.6) is 0 Å². The molecule has 0 spiro atoms. The topological polar surface area (TPSA) is 8.17 Å². The van der Waals surface area contributed by atoms with E-state index < -0.39 is 0 Å². The summed E-state index contributed by atoms with van der Waals surface area (Å²) in [6.07, 6.45) is 0. The molecule has 0 amide bonds. The summed E-state index contributed by atoms with van der Waals surface area (Å²) in [4.78, 5) is 2.48. The van der Waals surface area contributed by atoms with E-state index in [1.54, 1.807) is 0 Å². The molecule has 2 nitrogen and oxygen atoms in total. The minimum Gasteiger partial charge on any atom is -0.309 e. The van der Waals surface area contributed by atoms with E-state index in [0.29, 0.717) is 0 Å². The number of anilines is 3. The molecule has 1 aromatic heterocycles. The van der Waals surface area contributed by atoms with Crippen molar-refractivity contribution in [2.75, 3.05) is 4.90 Å². The number of benzene rings is 10. The highest BCUT2D eigenvalue weighted by atomic mass is 15.1. The van der Waals surface area contributed by atoms with Gasteiger partial charge in [-0.2, -0.15) is 0 Å². The Kier molecular flexibility index (Phi) is 7.53. The second kappa shape index (κ2) is 13.2. The summed E-state index contributed by atoms with van der Waals surface area (Å²) in [6, 6.07) is 79.6. The molecule has 0 radical (unpaired) electrons. The number of fused-ring (bicyclic) bond motifs is 7. The molecule has 0 saturated carbocycles. The molecule has 56 heavy (non-hydrogen) atoms. The van der Waals surface area contributed by atoms with Crippen molar-refractivity contribution in [3.05, 3.63) is 218 Å². The third-order valence-electron chi connectivity index (χ3n) is 11.3. The zero-order chi connectivity index (χ0) is 37.0. The van der Waals surface area contributed by atoms with Gasteiger partial charge in [-0.1, -0.05) is 176 Å². The van der Waals surface area contributed by atoms with Gasteiger partial charge in [0.1, 0.15) is 0 Å². The summed E-state index contributed by atoms with van der Waals surface area (Å²) in [5, 5.41) is 9.79. The minimum atomic E-state index is 1.09. The molecular weight excluding hydrogens is 677 g/mol. The van der Waals surface area contributed by atoms with Crippen molar-refractivity contribution >= 4 is 71.2 Å². The van der Waals surface area contributed by atoms with E-state index >= 15 is 0 Å². The largest absolute Gasteiger partial charge is 0.309 e. The maximum Gasteiger partial charge on any atom is 0.0562 e. The van der Waals surface area contributed by atoms with E-state index in [1.807, 2.05) is 0 Å². The Labute approximate surface area is 325 Å². The Morgan fingerprint density at radius 2 is 0.857 bits per heavy atom. The number of hydrogen-bond donors (Lipinski definition) is 0. The molecule has 0 unspecified atom stereocenters. The molecule has 0 aliphatic rings. The monoisotopic (exact) mass is 712 g/mol. The van der Waals surface area contributed by atoms with Crippen molar-refractivity contribution < 1.29 is 0 Å². The molecule has 1 heterocycles. The van der Waals surface area contributed by atoms with Gasteiger partial charge < -0.3 is 9.47 Å². The Morgan fingerprint density at radius 1 is 0.304 bits per heavy atom. The number of rotatable bonds is 6. The van der Waals surface area contributed by atoms with Crippen molar-refractivity contribution in [2.45, 2.75) is 0 Å². The number of aromatic nitrogens is 1. The van der Waals surface area contributed by atoms with Crippen LogP contribution in [0.1, 0.15) is 0 Å². The van der Waals surface area contributed by atoms with Gasteiger partial charge in [-0.05, 0) is 80.5 Å². The normalized spacial score (nSPS) is 11.6. The lowest BCUT2D eigenvalue weighted by Gasteiger charge is -2.30. The van der Waals surface area contributed by atoms with E-state index in [-0.39, 0.29) is 0 Å². The summed E-state index contributed by atoms with van der Waals surface area (Å²) in [7, 11) is 0. The quantitative estimate of drug-likeness (QED) is 0.156. The summed E-state index contributed by atoms with van der Waals surface area (Å²) in [5.74, 6) is 0. The maximum atomic E-state index is 2.49. The molecule has 0 aliphatic heterocycles. The van der Waals surface area contributed by atoms with Gasteiger partial charge in [-0.15, -0.1) is 0 Å². The molecular formula is C54H36N2. The van der Waals surface area contributed by atoms with Gasteiger partial charge in [0.2, 0.25) is 0 Å². The highest BCUT2D eigenvalue weighted by molar-refractivity contribution is 6.16. The van der Waals surface area contributed by atoms with Gasteiger partial charge in [0.05, 0.1) is 28.1 Å². The SMILES string of the molecule is c1ccc(-c2ccccc2N(c2ccc3c4ccccc4n(-c4cc5ccccc5cc4-c4ccccc4)c3c2)c2cc3ccccc3c3ccccc23)cc1. The standard InChI is InChI=1S/C54H36N2/c1-3-17-37(18-4-1)44-25-13-15-29-50(44)55(52-35-41-23-9-10-24-43(41)45-26-11-12-27-46(45)52)42-31-32-48-47-28-14-16-30-51(47)56(54(48)36-42)53-34-40-22-8-7-21-39(40)33-49(53)38-19-5-2-6-20-38/h1-36H. The third-order valence-corrected chi connectivity index (χ3v) is 11.3. The zero-order valence-electron chi connectivity index (χ0n) is 30.7. The smallest absolute Gasteiger partial charge is 0.0562 e. The van der Waals surface area contributed by atoms with Gasteiger partial charge in [-0.25, -0.2) is 0 Å². The van der Waals surface area contributed by atoms with Crippen LogP contribution in [0.2, 0.25) is 0 Å². The van der Waals surface area contributed by atoms with Crippen LogP contribution in [0.15, 0.2) is 218 Å². The van der Waals surface area contributed by atoms with Gasteiger partial charge in [0, 0.05) is 33.0 Å². The summed E-state index contributed by atoms with van der Waals surface area (Å²) < 4.78 is 2.49. The van der Waals surface area contributed by atoms with Gasteiger partial charge in [0.25, 0.3) is 0 Å². The fourth-order valence-corrected chi connectivity index (χ4v) is 8.78. The molecule has 0 saturated heterocycles. The lowest BCUT2D eigenvalue weighted by atomic mass is 9.97. The summed E-state index contributed by atoms with van der Waals surface area (Å²) in [5.41, 5.74) is 11.6. The molecule has 0 bridgehead atoms. The lowest BCUT2D eigenvalue weighted by molar-refractivity contribution is 1.18. The number of para-hydroxylation sites is 2. The third kappa shape index (κ3) is 5.19. The fraction of sp³-hybridized carbons (Fsp3) is 0. The Bertz CT molecular complexity index is 3250. The molecule has 11 aromatic rings. The fourth-order valence-electron chi connectivity index (χ4n) is 8.78. The van der Waals surface area contributed by atoms with Gasteiger partial charge in [0.15, 0.2) is 0 Å². The first-order chi connectivity index (χ1) is 27.8. The van der Waals surface area contributed by atoms with Crippen LogP contribution in [0.25, 0.3) is 82.1 Å². The molecule has 0 N–H and O–H groups in total. The maximum absolute atomic E-state index is 2.49. The molecule has 262 valence electrons. The van der Waals surface area contributed by atoms with Crippen LogP contribution < -0.4 is 4.90 Å². The van der Waals surface area contributed by atoms with E-state index in [0.717, 1.165) is 28.3 Å². The number of hydrogen-bond acceptors (Lipinski definition) is 1. The number of nitrogens with zero attached hydrogens (tertiary/aromatic N) is 2. The molecule has 11 rings (SSSR count). The van der Waals surface area contributed by atoms with Crippen molar-refractivity contribution in [3.63, 3.8) is 0 Å². The van der Waals surface area contributed by atoms with Crippen LogP contribution in [-0.2, 0) is 0 Å². The lowest BCUT2D eigenvalue weighted by Crippen LogP contribution is -2.12. The van der Waals surface area contributed by atoms with Crippen LogP contribution in [0, 0.1) is 0 Å². The van der Waals surface area contributed by atoms with E-state index in [1.165, 1.54) is 70.9 Å². The Morgan fingerprint density at radius 3 is 1.62 bits per heavy atom. The summed E-state index contributed by atoms with van der Waals surface area (Å²) >= 11 is 0. The average Bonchev–Trinajstić information content (AvgIpc) is 3.60. The molecule has 0 fully saturated rings. The van der Waals surface area contributed by atoms with Gasteiger partial charge >= 0.3 is 0 Å². The highest BCUT2D eigenvalue weighted by Gasteiger charge is 2.23. The summed E-state index contributed by atoms with van der Waals surface area (Å²) in [6.45, 7) is 0. The predicted octanol–water partition coefficient (Wildman–Crippen LogP) is 15.0. The van der Waals surface area contributed by atoms with Gasteiger partial charge in [-0.3, -0.25) is 0 Å². The van der Waals surface area contributed by atoms with Crippen molar-refractivity contribution in [1.82, 2.24) is 4.57 Å². The molecule has 0 aliphatic carbocycles. The molecule has 10 aromatic carbocycles. The van der Waals surface area contributed by atoms with E-state index in [2.05, 4.69) is 228 Å². The van der Waals surface area contributed by atoms with Crippen LogP contribution in [-0.4, -0.2) is 4.57 Å². The van der Waals surface area contributed by atoms with Crippen LogP contribution in [0.3, 0.4) is 0 Å². The minimum absolute atomic E-state index is 1.09. The van der Waals surface area contributed by atoms with Crippen LogP contribution >= 0.6 is 0 Å². The first-order valence-corrected chi connectivity index (χ1v) is 19.3. The predicted molar refractivity (Wildman–Crippen MR) is 239 cm³/mol. The molecule has 0 atom stereocenters. The van der Waals surface area contributed by atoms with Crippen molar-refractivity contribution in [1.29, 1.82) is 0 Å². The second-order valence-electron chi connectivity index (χ2n) is 14.5. The average molecular weight is 713 g/mol. The Balaban J connectivity index is 1.25. The zero-order valence-corrected chi connectivity index (χ0v) is 30.7. The second-order valence-corrected chi connectivity index (χ2v) is 14.5. The van der Waals surface area contributed by atoms with E-state index in [4.69, 9.17) is 0 Å². The van der Waals surface area contributed by atoms with Crippen molar-refractivity contribution in [2.24, 2.45) is 0 Å². The first-order valence-electron chi connectivity index (χ1n) is 19.3. The van der Waals surface area contributed by atoms with Crippen molar-refractivity contribution in [3.8, 4) is 27.9 Å². The van der Waals surface area contributed by atoms with E-state index in [9.17, 15) is 0 Å². The first kappa shape index (κ1) is 32.0.